The molecule has 1 aliphatic rings. The second-order valence-corrected chi connectivity index (χ2v) is 4.96. The normalized spacial score (nSPS) is 14.3. The molecule has 0 unspecified atom stereocenters. The van der Waals surface area contributed by atoms with Gasteiger partial charge in [-0.05, 0) is 6.20 Å². The van der Waals surface area contributed by atoms with Crippen LogP contribution in [0.25, 0.3) is 0 Å². The number of thiophene rings is 1. The summed E-state index contributed by atoms with van der Waals surface area (Å²) in [5.41, 5.74) is 0.517. The largest absolute Gasteiger partial charge is 0.365 e. The summed E-state index contributed by atoms with van der Waals surface area (Å²) in [5.74, 6) is 1.64. The molecule has 98 valence electrons. The maximum atomic E-state index is 11.9. The zero-order valence-corrected chi connectivity index (χ0v) is 10.7. The molecule has 0 N–H and O–H groups in total. The van der Waals surface area contributed by atoms with Gasteiger partial charge in [0.05, 0.1) is 21.7 Å². The average Bonchev–Trinajstić information content (AvgIpc) is 2.89. The zero-order valence-electron chi connectivity index (χ0n) is 9.87. The van der Waals surface area contributed by atoms with Crippen molar-refractivity contribution in [3.05, 3.63) is 44.3 Å². The molecule has 0 atom stereocenters. The lowest BCUT2D eigenvalue weighted by Crippen LogP contribution is -2.28. The van der Waals surface area contributed by atoms with Crippen LogP contribution in [-0.4, -0.2) is 34.6 Å². The number of carbonyl (C=O) groups is 1. The first-order valence-electron chi connectivity index (χ1n) is 5.50. The van der Waals surface area contributed by atoms with Crippen LogP contribution < -0.4 is 0 Å². The number of allylic oxidation sites excluding steroid dienone is 1. The van der Waals surface area contributed by atoms with Gasteiger partial charge in [0.25, 0.3) is 5.69 Å². The zero-order chi connectivity index (χ0) is 13.8. The number of carbonyl (C=O) groups excluding carboxylic acids is 2. The third-order valence-corrected chi connectivity index (χ3v) is 3.60. The summed E-state index contributed by atoms with van der Waals surface area (Å²) in [5, 5.41) is 11.9. The number of hydrogen-bond acceptors (Lipinski definition) is 6. The van der Waals surface area contributed by atoms with Crippen LogP contribution in [0.5, 0.6) is 0 Å². The van der Waals surface area contributed by atoms with Gasteiger partial charge in [-0.2, -0.15) is 0 Å². The Morgan fingerprint density at radius 2 is 2.37 bits per heavy atom. The molecule has 0 spiro atoms. The molecule has 19 heavy (non-hydrogen) atoms. The van der Waals surface area contributed by atoms with E-state index in [1.807, 2.05) is 5.94 Å². The molecule has 0 saturated carbocycles. The van der Waals surface area contributed by atoms with E-state index < -0.39 is 4.92 Å². The maximum Gasteiger partial charge on any atom is 0.280 e. The van der Waals surface area contributed by atoms with Gasteiger partial charge in [-0.3, -0.25) is 14.9 Å². The van der Waals surface area contributed by atoms with Gasteiger partial charge in [-0.1, -0.05) is 6.08 Å². The van der Waals surface area contributed by atoms with E-state index in [1.54, 1.807) is 17.2 Å². The Balaban J connectivity index is 2.04. The molecule has 1 aromatic heterocycles. The van der Waals surface area contributed by atoms with E-state index in [9.17, 15) is 19.7 Å². The highest BCUT2D eigenvalue weighted by molar-refractivity contribution is 7.12. The van der Waals surface area contributed by atoms with Crippen molar-refractivity contribution in [3.8, 4) is 0 Å². The number of Topliss-reactive ketones (excluding diaryl/α,β-unsaturated/α-hetero) is 1. The van der Waals surface area contributed by atoms with Gasteiger partial charge in [-0.25, -0.2) is 4.79 Å². The lowest BCUT2D eigenvalue weighted by atomic mass is 10.1. The molecule has 0 bridgehead atoms. The Morgan fingerprint density at radius 1 is 1.58 bits per heavy atom. The van der Waals surface area contributed by atoms with Crippen molar-refractivity contribution in [3.63, 3.8) is 0 Å². The first-order chi connectivity index (χ1) is 9.10. The Morgan fingerprint density at radius 3 is 3.00 bits per heavy atom. The molecule has 2 heterocycles. The minimum atomic E-state index is -0.526. The maximum absolute atomic E-state index is 11.9. The van der Waals surface area contributed by atoms with Crippen LogP contribution in [0.2, 0.25) is 0 Å². The van der Waals surface area contributed by atoms with E-state index in [0.717, 1.165) is 11.3 Å². The van der Waals surface area contributed by atoms with E-state index in [2.05, 4.69) is 0 Å². The lowest BCUT2D eigenvalue weighted by molar-refractivity contribution is -0.384. The average molecular weight is 278 g/mol. The quantitative estimate of drug-likeness (QED) is 0.363. The molecule has 0 fully saturated rings. The molecule has 2 rings (SSSR count). The first kappa shape index (κ1) is 13.2. The minimum Gasteiger partial charge on any atom is -0.365 e. The third-order valence-electron chi connectivity index (χ3n) is 2.64. The topological polar surface area (TPSA) is 80.5 Å². The van der Waals surface area contributed by atoms with Gasteiger partial charge in [0.1, 0.15) is 5.94 Å². The van der Waals surface area contributed by atoms with Crippen LogP contribution >= 0.6 is 11.3 Å². The van der Waals surface area contributed by atoms with Crippen LogP contribution in [0.15, 0.2) is 29.3 Å². The molecule has 0 aliphatic carbocycles. The number of hydrogen-bond donors (Lipinski definition) is 0. The van der Waals surface area contributed by atoms with Gasteiger partial charge in [-0.15, -0.1) is 11.3 Å². The molecule has 0 radical (unpaired) electrons. The molecule has 6 nitrogen and oxygen atoms in total. The Labute approximate surface area is 112 Å². The molecule has 0 aromatic carbocycles. The van der Waals surface area contributed by atoms with Gasteiger partial charge in [0.15, 0.2) is 5.78 Å². The van der Waals surface area contributed by atoms with Gasteiger partial charge in [0, 0.05) is 24.6 Å². The number of nitro groups is 1. The summed E-state index contributed by atoms with van der Waals surface area (Å²) in [6.45, 7) is 0.471. The van der Waals surface area contributed by atoms with Crippen molar-refractivity contribution in [1.82, 2.24) is 4.90 Å². The van der Waals surface area contributed by atoms with Crippen molar-refractivity contribution < 1.29 is 14.5 Å². The van der Waals surface area contributed by atoms with Crippen LogP contribution in [-0.2, 0) is 4.79 Å². The summed E-state index contributed by atoms with van der Waals surface area (Å²) >= 11 is 1.05. The molecule has 1 aromatic rings. The van der Waals surface area contributed by atoms with Crippen LogP contribution in [0.4, 0.5) is 5.69 Å². The van der Waals surface area contributed by atoms with Crippen LogP contribution in [0.1, 0.15) is 16.1 Å². The highest BCUT2D eigenvalue weighted by Crippen LogP contribution is 2.22. The first-order valence-corrected chi connectivity index (χ1v) is 6.38. The Kier molecular flexibility index (Phi) is 3.89. The smallest absolute Gasteiger partial charge is 0.280 e. The Bertz CT molecular complexity index is 599. The van der Waals surface area contributed by atoms with E-state index in [0.29, 0.717) is 23.4 Å². The van der Waals surface area contributed by atoms with Crippen LogP contribution in [0, 0.1) is 10.1 Å². The van der Waals surface area contributed by atoms with E-state index >= 15 is 0 Å². The van der Waals surface area contributed by atoms with Crippen molar-refractivity contribution in [2.24, 2.45) is 0 Å². The molecule has 7 heteroatoms. The van der Waals surface area contributed by atoms with Crippen LogP contribution in [0.3, 0.4) is 0 Å². The van der Waals surface area contributed by atoms with Crippen molar-refractivity contribution >= 4 is 28.7 Å². The molecular weight excluding hydrogens is 268 g/mol. The van der Waals surface area contributed by atoms with E-state index in [4.69, 9.17) is 0 Å². The minimum absolute atomic E-state index is 0.0731. The fraction of sp³-hybridized carbons (Fsp3) is 0.250. The van der Waals surface area contributed by atoms with Gasteiger partial charge in [0.2, 0.25) is 0 Å². The highest BCUT2D eigenvalue weighted by Gasteiger charge is 2.18. The number of nitrogens with zero attached hydrogens (tertiary/aromatic N) is 2. The third kappa shape index (κ3) is 3.15. The van der Waals surface area contributed by atoms with Crippen molar-refractivity contribution in [1.29, 1.82) is 0 Å². The Hall–Kier alpha value is -2.24. The summed E-state index contributed by atoms with van der Waals surface area (Å²) in [4.78, 5) is 34.6. The SMILES string of the molecule is O=C=C1CC=CN(CC(=O)c2cc([N+](=O)[O-])cs2)C1. The van der Waals surface area contributed by atoms with E-state index in [-0.39, 0.29) is 18.0 Å². The lowest BCUT2D eigenvalue weighted by Gasteiger charge is -2.22. The van der Waals surface area contributed by atoms with Crippen molar-refractivity contribution in [2.75, 3.05) is 13.1 Å². The number of ketones is 1. The molecule has 1 aliphatic heterocycles. The standard InChI is InChI=1S/C12H10N2O4S/c15-7-9-2-1-3-13(5-9)6-11(16)12-4-10(8-19-12)14(17)18/h1,3-4,8H,2,5-6H2. The number of rotatable bonds is 4. The van der Waals surface area contributed by atoms with E-state index in [1.165, 1.54) is 11.4 Å². The van der Waals surface area contributed by atoms with Gasteiger partial charge >= 0.3 is 0 Å². The molecular formula is C12H10N2O4S. The second kappa shape index (κ2) is 5.60. The van der Waals surface area contributed by atoms with Crippen molar-refractivity contribution in [2.45, 2.75) is 6.42 Å². The fourth-order valence-corrected chi connectivity index (χ4v) is 2.51. The predicted octanol–water partition coefficient (Wildman–Crippen LogP) is 1.82. The highest BCUT2D eigenvalue weighted by atomic mass is 32.1. The second-order valence-electron chi connectivity index (χ2n) is 4.05. The molecule has 0 saturated heterocycles. The fourth-order valence-electron chi connectivity index (χ4n) is 1.72. The summed E-state index contributed by atoms with van der Waals surface area (Å²) < 4.78 is 0. The predicted molar refractivity (Wildman–Crippen MR) is 69.8 cm³/mol. The summed E-state index contributed by atoms with van der Waals surface area (Å²) in [7, 11) is 0. The summed E-state index contributed by atoms with van der Waals surface area (Å²) in [6.07, 6.45) is 4.09. The summed E-state index contributed by atoms with van der Waals surface area (Å²) in [6, 6.07) is 1.27. The molecule has 0 amide bonds. The monoisotopic (exact) mass is 278 g/mol. The van der Waals surface area contributed by atoms with Gasteiger partial charge < -0.3 is 4.90 Å².